The molecular formula is C30H37N3O2. The van der Waals surface area contributed by atoms with Crippen molar-refractivity contribution in [1.29, 1.82) is 0 Å². The number of nitrogens with zero attached hydrogens (tertiary/aromatic N) is 3. The lowest BCUT2D eigenvalue weighted by Crippen LogP contribution is -2.52. The van der Waals surface area contributed by atoms with Crippen molar-refractivity contribution in [3.63, 3.8) is 0 Å². The Labute approximate surface area is 208 Å². The predicted octanol–water partition coefficient (Wildman–Crippen LogP) is 5.18. The first-order valence-corrected chi connectivity index (χ1v) is 13.3. The Bertz CT molecular complexity index is 1210. The number of fused-ring (bicyclic) bond motifs is 3. The van der Waals surface area contributed by atoms with Gasteiger partial charge in [0.2, 0.25) is 5.91 Å². The summed E-state index contributed by atoms with van der Waals surface area (Å²) in [6.07, 6.45) is 4.03. The first-order chi connectivity index (χ1) is 17.1. The van der Waals surface area contributed by atoms with Gasteiger partial charge in [-0.25, -0.2) is 0 Å². The van der Waals surface area contributed by atoms with Gasteiger partial charge in [-0.15, -0.1) is 0 Å². The van der Waals surface area contributed by atoms with Crippen molar-refractivity contribution in [2.24, 2.45) is 5.92 Å². The van der Waals surface area contributed by atoms with Crippen LogP contribution in [0.2, 0.25) is 0 Å². The lowest BCUT2D eigenvalue weighted by Gasteiger charge is -2.42. The minimum Gasteiger partial charge on any atom is -0.343 e. The van der Waals surface area contributed by atoms with Gasteiger partial charge in [-0.2, -0.15) is 0 Å². The van der Waals surface area contributed by atoms with Gasteiger partial charge in [0.15, 0.2) is 0 Å². The zero-order valence-electron chi connectivity index (χ0n) is 21.1. The molecule has 0 aromatic heterocycles. The fourth-order valence-electron chi connectivity index (χ4n) is 6.17. The van der Waals surface area contributed by atoms with Gasteiger partial charge in [0.25, 0.3) is 5.91 Å². The Morgan fingerprint density at radius 2 is 1.51 bits per heavy atom. The highest BCUT2D eigenvalue weighted by Gasteiger charge is 2.34. The molecule has 2 aliphatic rings. The number of hydrogen-bond acceptors (Lipinski definition) is 3. The molecule has 1 atom stereocenters. The molecule has 5 heteroatoms. The molecule has 0 spiro atoms. The number of likely N-dealkylation sites (tertiary alicyclic amines) is 2. The Balaban J connectivity index is 1.28. The highest BCUT2D eigenvalue weighted by molar-refractivity contribution is 6.17. The Morgan fingerprint density at radius 1 is 0.857 bits per heavy atom. The molecule has 0 saturated carbocycles. The van der Waals surface area contributed by atoms with E-state index in [4.69, 9.17) is 0 Å². The van der Waals surface area contributed by atoms with E-state index in [0.717, 1.165) is 86.7 Å². The number of benzene rings is 3. The molecule has 5 rings (SSSR count). The van der Waals surface area contributed by atoms with E-state index in [1.54, 1.807) is 0 Å². The van der Waals surface area contributed by atoms with Gasteiger partial charge in [0, 0.05) is 44.3 Å². The molecule has 184 valence electrons. The summed E-state index contributed by atoms with van der Waals surface area (Å²) < 4.78 is 0. The first-order valence-electron chi connectivity index (χ1n) is 13.3. The molecule has 2 fully saturated rings. The average Bonchev–Trinajstić information content (AvgIpc) is 2.93. The second-order valence-corrected chi connectivity index (χ2v) is 10.1. The van der Waals surface area contributed by atoms with Crippen LogP contribution in [0.25, 0.3) is 21.5 Å². The number of carbonyl (C=O) groups is 2. The zero-order chi connectivity index (χ0) is 24.4. The summed E-state index contributed by atoms with van der Waals surface area (Å²) in [5.74, 6) is 0.571. The third-order valence-electron chi connectivity index (χ3n) is 8.14. The maximum atomic E-state index is 13.7. The summed E-state index contributed by atoms with van der Waals surface area (Å²) in [4.78, 5) is 33.2. The van der Waals surface area contributed by atoms with E-state index in [1.807, 2.05) is 28.0 Å². The van der Waals surface area contributed by atoms with E-state index in [9.17, 15) is 9.59 Å². The van der Waals surface area contributed by atoms with Crippen LogP contribution in [-0.4, -0.2) is 71.8 Å². The Hall–Kier alpha value is -2.92. The van der Waals surface area contributed by atoms with Crippen molar-refractivity contribution in [1.82, 2.24) is 14.7 Å². The minimum absolute atomic E-state index is 0.118. The van der Waals surface area contributed by atoms with Crippen molar-refractivity contribution in [3.8, 4) is 0 Å². The van der Waals surface area contributed by atoms with Crippen molar-refractivity contribution in [2.45, 2.75) is 45.6 Å². The van der Waals surface area contributed by atoms with E-state index in [0.29, 0.717) is 11.9 Å². The molecule has 2 amide bonds. The summed E-state index contributed by atoms with van der Waals surface area (Å²) in [7, 11) is 0. The van der Waals surface area contributed by atoms with Gasteiger partial charge in [0.1, 0.15) is 0 Å². The van der Waals surface area contributed by atoms with Crippen LogP contribution in [0, 0.1) is 5.92 Å². The normalized spacial score (nSPS) is 19.8. The number of piperidine rings is 2. The van der Waals surface area contributed by atoms with Gasteiger partial charge in [-0.3, -0.25) is 14.5 Å². The predicted molar refractivity (Wildman–Crippen MR) is 143 cm³/mol. The third-order valence-corrected chi connectivity index (χ3v) is 8.14. The highest BCUT2D eigenvalue weighted by Crippen LogP contribution is 2.31. The van der Waals surface area contributed by atoms with Crippen LogP contribution < -0.4 is 0 Å². The Morgan fingerprint density at radius 3 is 2.23 bits per heavy atom. The highest BCUT2D eigenvalue weighted by atomic mass is 16.2. The molecule has 0 radical (unpaired) electrons. The fourth-order valence-corrected chi connectivity index (χ4v) is 6.17. The molecule has 35 heavy (non-hydrogen) atoms. The van der Waals surface area contributed by atoms with Crippen molar-refractivity contribution < 1.29 is 9.59 Å². The Kier molecular flexibility index (Phi) is 7.05. The van der Waals surface area contributed by atoms with Crippen LogP contribution in [0.5, 0.6) is 0 Å². The van der Waals surface area contributed by atoms with Crippen LogP contribution in [0.3, 0.4) is 0 Å². The quantitative estimate of drug-likeness (QED) is 0.482. The molecule has 3 aromatic rings. The van der Waals surface area contributed by atoms with E-state index < -0.39 is 0 Å². The maximum Gasteiger partial charge on any atom is 0.254 e. The molecule has 2 saturated heterocycles. The van der Waals surface area contributed by atoms with Crippen LogP contribution in [0.15, 0.2) is 54.6 Å². The molecule has 2 aliphatic heterocycles. The summed E-state index contributed by atoms with van der Waals surface area (Å²) >= 11 is 0. The molecule has 2 heterocycles. The minimum atomic E-state index is 0.118. The summed E-state index contributed by atoms with van der Waals surface area (Å²) in [6.45, 7) is 9.18. The number of rotatable bonds is 5. The third kappa shape index (κ3) is 4.66. The zero-order valence-corrected chi connectivity index (χ0v) is 21.1. The molecule has 3 aromatic carbocycles. The van der Waals surface area contributed by atoms with E-state index >= 15 is 0 Å². The van der Waals surface area contributed by atoms with Crippen molar-refractivity contribution in [3.05, 3.63) is 60.2 Å². The lowest BCUT2D eigenvalue weighted by molar-refractivity contribution is -0.137. The molecule has 5 nitrogen and oxygen atoms in total. The molecule has 0 bridgehead atoms. The van der Waals surface area contributed by atoms with Crippen LogP contribution >= 0.6 is 0 Å². The standard InChI is InChI=1S/C30H37N3O2/c1-3-31(4-2)29(34)23-11-9-17-33(21-23)24-15-18-32(19-16-24)30(35)28-20-22-10-5-6-12-25(22)26-13-7-8-14-27(26)28/h5-8,10,12-14,20,23-24H,3-4,9,11,15-19,21H2,1-2H3. The summed E-state index contributed by atoms with van der Waals surface area (Å²) in [5.41, 5.74) is 0.806. The monoisotopic (exact) mass is 471 g/mol. The van der Waals surface area contributed by atoms with Gasteiger partial charge in [0.05, 0.1) is 5.92 Å². The smallest absolute Gasteiger partial charge is 0.254 e. The number of hydrogen-bond donors (Lipinski definition) is 0. The lowest BCUT2D eigenvalue weighted by atomic mass is 9.92. The van der Waals surface area contributed by atoms with Gasteiger partial charge >= 0.3 is 0 Å². The van der Waals surface area contributed by atoms with Crippen LogP contribution in [0.1, 0.15) is 49.9 Å². The maximum absolute atomic E-state index is 13.7. The topological polar surface area (TPSA) is 43.9 Å². The molecule has 0 aliphatic carbocycles. The molecular weight excluding hydrogens is 434 g/mol. The second-order valence-electron chi connectivity index (χ2n) is 10.1. The largest absolute Gasteiger partial charge is 0.343 e. The van der Waals surface area contributed by atoms with Gasteiger partial charge in [-0.1, -0.05) is 48.5 Å². The van der Waals surface area contributed by atoms with Gasteiger partial charge < -0.3 is 9.80 Å². The average molecular weight is 472 g/mol. The number of amides is 2. The van der Waals surface area contributed by atoms with Crippen molar-refractivity contribution >= 4 is 33.4 Å². The molecule has 1 unspecified atom stereocenters. The summed E-state index contributed by atoms with van der Waals surface area (Å²) in [6, 6.07) is 19.1. The van der Waals surface area contributed by atoms with E-state index in [2.05, 4.69) is 55.1 Å². The van der Waals surface area contributed by atoms with Crippen molar-refractivity contribution in [2.75, 3.05) is 39.3 Å². The molecule has 0 N–H and O–H groups in total. The van der Waals surface area contributed by atoms with E-state index in [-0.39, 0.29) is 11.8 Å². The van der Waals surface area contributed by atoms with Crippen LogP contribution in [0.4, 0.5) is 0 Å². The number of carbonyl (C=O) groups excluding carboxylic acids is 2. The van der Waals surface area contributed by atoms with Gasteiger partial charge in [-0.05, 0) is 73.7 Å². The first kappa shape index (κ1) is 23.8. The second kappa shape index (κ2) is 10.4. The van der Waals surface area contributed by atoms with E-state index in [1.165, 1.54) is 5.39 Å². The summed E-state index contributed by atoms with van der Waals surface area (Å²) in [5, 5.41) is 4.48. The SMILES string of the molecule is CCN(CC)C(=O)C1CCCN(C2CCN(C(=O)c3cc4ccccc4c4ccccc34)CC2)C1. The fraction of sp³-hybridized carbons (Fsp3) is 0.467. The van der Waals surface area contributed by atoms with Crippen LogP contribution in [-0.2, 0) is 4.79 Å².